The Hall–Kier alpha value is -0.860. The summed E-state index contributed by atoms with van der Waals surface area (Å²) < 4.78 is 0. The number of unbranched alkanes of at least 4 members (excludes halogenated alkanes) is 3. The molecule has 0 spiro atoms. The van der Waals surface area contributed by atoms with Crippen LogP contribution in [-0.4, -0.2) is 0 Å². The molecule has 0 fully saturated rings. The van der Waals surface area contributed by atoms with Crippen molar-refractivity contribution < 1.29 is 0 Å². The number of hydrazine groups is 1. The van der Waals surface area contributed by atoms with E-state index in [-0.39, 0.29) is 0 Å². The van der Waals surface area contributed by atoms with E-state index in [2.05, 4.69) is 43.5 Å². The fourth-order valence-corrected chi connectivity index (χ4v) is 2.38. The number of aryl methyl sites for hydroxylation is 1. The predicted molar refractivity (Wildman–Crippen MR) is 79.3 cm³/mol. The number of rotatable bonds is 9. The molecule has 0 aliphatic rings. The Labute approximate surface area is 112 Å². The van der Waals surface area contributed by atoms with Crippen LogP contribution in [0.15, 0.2) is 24.3 Å². The van der Waals surface area contributed by atoms with Crippen molar-refractivity contribution in [1.82, 2.24) is 5.43 Å². The first kappa shape index (κ1) is 15.2. The molecule has 3 N–H and O–H groups in total. The summed E-state index contributed by atoms with van der Waals surface area (Å²) in [5.74, 6) is 5.69. The van der Waals surface area contributed by atoms with Crippen molar-refractivity contribution in [3.8, 4) is 0 Å². The summed E-state index contributed by atoms with van der Waals surface area (Å²) in [6.07, 6.45) is 8.65. The maximum atomic E-state index is 5.69. The van der Waals surface area contributed by atoms with Crippen LogP contribution in [0.2, 0.25) is 0 Å². The summed E-state index contributed by atoms with van der Waals surface area (Å²) in [5, 5.41) is 0. The Morgan fingerprint density at radius 1 is 1.11 bits per heavy atom. The van der Waals surface area contributed by atoms with Crippen molar-refractivity contribution >= 4 is 0 Å². The number of hydrogen-bond donors (Lipinski definition) is 2. The van der Waals surface area contributed by atoms with E-state index in [0.717, 1.165) is 12.8 Å². The van der Waals surface area contributed by atoms with Crippen LogP contribution < -0.4 is 11.3 Å². The normalized spacial score (nSPS) is 12.6. The Morgan fingerprint density at radius 3 is 2.61 bits per heavy atom. The molecule has 0 radical (unpaired) electrons. The zero-order chi connectivity index (χ0) is 13.2. The highest BCUT2D eigenvalue weighted by Gasteiger charge is 2.09. The molecule has 0 bridgehead atoms. The van der Waals surface area contributed by atoms with Gasteiger partial charge in [-0.05, 0) is 24.0 Å². The zero-order valence-electron chi connectivity index (χ0n) is 11.9. The van der Waals surface area contributed by atoms with Crippen LogP contribution in [0.1, 0.15) is 69.5 Å². The van der Waals surface area contributed by atoms with Gasteiger partial charge in [-0.1, -0.05) is 70.2 Å². The second kappa shape index (κ2) is 9.12. The smallest absolute Gasteiger partial charge is 0.0460 e. The third-order valence-corrected chi connectivity index (χ3v) is 3.44. The molecule has 1 rings (SSSR count). The van der Waals surface area contributed by atoms with Crippen molar-refractivity contribution in [2.45, 2.75) is 64.8 Å². The van der Waals surface area contributed by atoms with E-state index in [4.69, 9.17) is 5.84 Å². The van der Waals surface area contributed by atoms with Crippen LogP contribution in [0.4, 0.5) is 0 Å². The highest BCUT2D eigenvalue weighted by Crippen LogP contribution is 2.21. The van der Waals surface area contributed by atoms with Gasteiger partial charge in [0.2, 0.25) is 0 Å². The highest BCUT2D eigenvalue weighted by molar-refractivity contribution is 5.26. The SMILES string of the molecule is CCCCCCC(NN)c1cccc(CCC)c1. The first-order valence-electron chi connectivity index (χ1n) is 7.36. The first-order valence-corrected chi connectivity index (χ1v) is 7.36. The van der Waals surface area contributed by atoms with Gasteiger partial charge in [0.25, 0.3) is 0 Å². The molecular formula is C16H28N2. The summed E-state index contributed by atoms with van der Waals surface area (Å²) in [6.45, 7) is 4.46. The highest BCUT2D eigenvalue weighted by atomic mass is 15.2. The van der Waals surface area contributed by atoms with E-state index in [1.165, 1.54) is 43.2 Å². The lowest BCUT2D eigenvalue weighted by atomic mass is 9.98. The van der Waals surface area contributed by atoms with Gasteiger partial charge in [-0.15, -0.1) is 0 Å². The molecule has 2 heteroatoms. The molecule has 102 valence electrons. The Bertz CT molecular complexity index is 323. The molecule has 1 unspecified atom stereocenters. The fraction of sp³-hybridized carbons (Fsp3) is 0.625. The predicted octanol–water partition coefficient (Wildman–Crippen LogP) is 4.11. The van der Waals surface area contributed by atoms with Gasteiger partial charge in [-0.2, -0.15) is 0 Å². The van der Waals surface area contributed by atoms with Gasteiger partial charge in [0, 0.05) is 6.04 Å². The molecular weight excluding hydrogens is 220 g/mol. The minimum Gasteiger partial charge on any atom is -0.271 e. The van der Waals surface area contributed by atoms with Crippen LogP contribution >= 0.6 is 0 Å². The summed E-state index contributed by atoms with van der Waals surface area (Å²) in [5.41, 5.74) is 5.72. The van der Waals surface area contributed by atoms with Gasteiger partial charge in [-0.3, -0.25) is 11.3 Å². The van der Waals surface area contributed by atoms with E-state index in [1.54, 1.807) is 0 Å². The van der Waals surface area contributed by atoms with Crippen LogP contribution in [0.5, 0.6) is 0 Å². The molecule has 0 aromatic heterocycles. The largest absolute Gasteiger partial charge is 0.271 e. The van der Waals surface area contributed by atoms with Gasteiger partial charge < -0.3 is 0 Å². The quantitative estimate of drug-likeness (QED) is 0.392. The standard InChI is InChI=1S/C16H28N2/c1-3-5-6-7-12-16(18-17)15-11-8-10-14(13-15)9-4-2/h8,10-11,13,16,18H,3-7,9,12,17H2,1-2H3. The minimum absolute atomic E-state index is 0.304. The zero-order valence-corrected chi connectivity index (χ0v) is 11.9. The summed E-state index contributed by atoms with van der Waals surface area (Å²) in [4.78, 5) is 0. The molecule has 18 heavy (non-hydrogen) atoms. The molecule has 0 saturated carbocycles. The maximum Gasteiger partial charge on any atom is 0.0460 e. The van der Waals surface area contributed by atoms with E-state index < -0.39 is 0 Å². The van der Waals surface area contributed by atoms with Crippen LogP contribution in [0, 0.1) is 0 Å². The molecule has 0 aliphatic heterocycles. The fourth-order valence-electron chi connectivity index (χ4n) is 2.38. The van der Waals surface area contributed by atoms with Gasteiger partial charge in [0.1, 0.15) is 0 Å². The topological polar surface area (TPSA) is 38.0 Å². The Morgan fingerprint density at radius 2 is 1.94 bits per heavy atom. The Balaban J connectivity index is 2.54. The van der Waals surface area contributed by atoms with Crippen LogP contribution in [0.3, 0.4) is 0 Å². The summed E-state index contributed by atoms with van der Waals surface area (Å²) >= 11 is 0. The monoisotopic (exact) mass is 248 g/mol. The average Bonchev–Trinajstić information content (AvgIpc) is 2.40. The van der Waals surface area contributed by atoms with Crippen LogP contribution in [-0.2, 0) is 6.42 Å². The second-order valence-corrected chi connectivity index (χ2v) is 5.06. The first-order chi connectivity index (χ1) is 8.81. The molecule has 0 amide bonds. The Kier molecular flexibility index (Phi) is 7.70. The molecule has 1 aromatic rings. The third-order valence-electron chi connectivity index (χ3n) is 3.44. The maximum absolute atomic E-state index is 5.69. The lowest BCUT2D eigenvalue weighted by Crippen LogP contribution is -2.28. The molecule has 0 heterocycles. The second-order valence-electron chi connectivity index (χ2n) is 5.06. The van der Waals surface area contributed by atoms with Gasteiger partial charge in [0.15, 0.2) is 0 Å². The molecule has 2 nitrogen and oxygen atoms in total. The van der Waals surface area contributed by atoms with Gasteiger partial charge in [0.05, 0.1) is 0 Å². The number of hydrogen-bond acceptors (Lipinski definition) is 2. The van der Waals surface area contributed by atoms with Crippen molar-refractivity contribution in [3.05, 3.63) is 35.4 Å². The number of benzene rings is 1. The molecule has 1 atom stereocenters. The summed E-state index contributed by atoms with van der Waals surface area (Å²) in [6, 6.07) is 9.14. The molecule has 0 aliphatic carbocycles. The third kappa shape index (κ3) is 5.19. The van der Waals surface area contributed by atoms with Gasteiger partial charge in [-0.25, -0.2) is 0 Å². The van der Waals surface area contributed by atoms with Crippen molar-refractivity contribution in [3.63, 3.8) is 0 Å². The number of nitrogens with two attached hydrogens (primary N) is 1. The van der Waals surface area contributed by atoms with E-state index in [1.807, 2.05) is 0 Å². The van der Waals surface area contributed by atoms with E-state index >= 15 is 0 Å². The molecule has 0 saturated heterocycles. The van der Waals surface area contributed by atoms with Crippen LogP contribution in [0.25, 0.3) is 0 Å². The lowest BCUT2D eigenvalue weighted by Gasteiger charge is -2.17. The molecule has 1 aromatic carbocycles. The van der Waals surface area contributed by atoms with Crippen molar-refractivity contribution in [2.24, 2.45) is 5.84 Å². The minimum atomic E-state index is 0.304. The van der Waals surface area contributed by atoms with Crippen molar-refractivity contribution in [1.29, 1.82) is 0 Å². The average molecular weight is 248 g/mol. The number of nitrogens with one attached hydrogen (secondary N) is 1. The summed E-state index contributed by atoms with van der Waals surface area (Å²) in [7, 11) is 0. The van der Waals surface area contributed by atoms with Gasteiger partial charge >= 0.3 is 0 Å². The van der Waals surface area contributed by atoms with Crippen molar-refractivity contribution in [2.75, 3.05) is 0 Å². The van der Waals surface area contributed by atoms with E-state index in [0.29, 0.717) is 6.04 Å². The lowest BCUT2D eigenvalue weighted by molar-refractivity contribution is 0.481. The van der Waals surface area contributed by atoms with E-state index in [9.17, 15) is 0 Å².